The van der Waals surface area contributed by atoms with Crippen LogP contribution in [-0.4, -0.2) is 36.2 Å². The smallest absolute Gasteiger partial charge is 0.401 e. The topological polar surface area (TPSA) is 99.1 Å². The zero-order valence-electron chi connectivity index (χ0n) is 17.5. The molecule has 9 heteroatoms. The predicted octanol–water partition coefficient (Wildman–Crippen LogP) is 4.96. The van der Waals surface area contributed by atoms with E-state index in [0.717, 1.165) is 0 Å². The number of aryl methyl sites for hydroxylation is 1. The minimum Gasteiger partial charge on any atom is -0.504 e. The molecule has 2 rings (SSSR count). The Bertz CT molecular complexity index is 861. The number of methoxy groups -OCH3 is 1. The van der Waals surface area contributed by atoms with E-state index in [1.807, 2.05) is 13.8 Å². The second kappa shape index (κ2) is 10.4. The lowest BCUT2D eigenvalue weighted by Gasteiger charge is -2.28. The van der Waals surface area contributed by atoms with Gasteiger partial charge in [0.05, 0.1) is 20.3 Å². The van der Waals surface area contributed by atoms with E-state index in [1.54, 1.807) is 38.2 Å². The van der Waals surface area contributed by atoms with Gasteiger partial charge < -0.3 is 24.4 Å². The van der Waals surface area contributed by atoms with Crippen LogP contribution in [0, 0.1) is 6.92 Å². The molecule has 0 saturated heterocycles. The number of aromatic hydroxyl groups is 1. The minimum absolute atomic E-state index is 0.0221. The summed E-state index contributed by atoms with van der Waals surface area (Å²) in [6.07, 6.45) is 2.06. The molecule has 0 aliphatic carbocycles. The van der Waals surface area contributed by atoms with Crippen molar-refractivity contribution >= 4 is 13.4 Å². The molecule has 0 aliphatic heterocycles. The maximum Gasteiger partial charge on any atom is 0.401 e. The van der Waals surface area contributed by atoms with Crippen molar-refractivity contribution in [2.45, 2.75) is 39.9 Å². The number of anilines is 1. The van der Waals surface area contributed by atoms with Crippen molar-refractivity contribution < 1.29 is 28.2 Å². The van der Waals surface area contributed by atoms with E-state index in [2.05, 4.69) is 10.3 Å². The van der Waals surface area contributed by atoms with Crippen LogP contribution in [0.15, 0.2) is 30.5 Å². The van der Waals surface area contributed by atoms with Gasteiger partial charge in [0, 0.05) is 12.3 Å². The molecule has 2 N–H and O–H groups in total. The van der Waals surface area contributed by atoms with Crippen LogP contribution in [0.3, 0.4) is 0 Å². The first-order valence-electron chi connectivity index (χ1n) is 9.54. The van der Waals surface area contributed by atoms with Gasteiger partial charge in [-0.25, -0.2) is 9.55 Å². The number of rotatable bonds is 11. The molecular formula is C20H29N2O6P. The van der Waals surface area contributed by atoms with Crippen molar-refractivity contribution in [1.82, 2.24) is 4.98 Å². The first-order valence-corrected chi connectivity index (χ1v) is 11.1. The second-order valence-electron chi connectivity index (χ2n) is 6.19. The number of hydrogen-bond donors (Lipinski definition) is 2. The zero-order chi connectivity index (χ0) is 21.4. The fourth-order valence-electron chi connectivity index (χ4n) is 2.77. The molecule has 0 radical (unpaired) electrons. The van der Waals surface area contributed by atoms with Gasteiger partial charge in [-0.15, -0.1) is 0 Å². The third-order valence-electron chi connectivity index (χ3n) is 4.14. The van der Waals surface area contributed by atoms with Gasteiger partial charge in [0.15, 0.2) is 23.1 Å². The monoisotopic (exact) mass is 424 g/mol. The summed E-state index contributed by atoms with van der Waals surface area (Å²) >= 11 is 0. The summed E-state index contributed by atoms with van der Waals surface area (Å²) in [4.78, 5) is 4.26. The van der Waals surface area contributed by atoms with Gasteiger partial charge in [-0.05, 0) is 51.0 Å². The molecule has 2 aromatic rings. The van der Waals surface area contributed by atoms with E-state index in [9.17, 15) is 9.67 Å². The summed E-state index contributed by atoms with van der Waals surface area (Å²) < 4.78 is 35.9. The summed E-state index contributed by atoms with van der Waals surface area (Å²) in [5.74, 6) is 0.867. The van der Waals surface area contributed by atoms with E-state index in [0.29, 0.717) is 30.2 Å². The number of ether oxygens (including phenoxy) is 2. The number of benzene rings is 1. The molecule has 0 saturated carbocycles. The van der Waals surface area contributed by atoms with Crippen LogP contribution >= 0.6 is 7.60 Å². The Balaban J connectivity index is 2.37. The van der Waals surface area contributed by atoms with Crippen LogP contribution in [-0.2, 0) is 9.09 Å². The Morgan fingerprint density at radius 2 is 1.97 bits per heavy atom. The van der Waals surface area contributed by atoms with E-state index < -0.39 is 13.4 Å². The summed E-state index contributed by atoms with van der Waals surface area (Å²) in [6.45, 7) is 7.71. The van der Waals surface area contributed by atoms with Crippen molar-refractivity contribution in [2.75, 3.05) is 25.6 Å². The highest BCUT2D eigenvalue weighted by Crippen LogP contribution is 2.55. The molecule has 1 heterocycles. The van der Waals surface area contributed by atoms with Crippen molar-refractivity contribution in [3.8, 4) is 23.0 Å². The van der Waals surface area contributed by atoms with Crippen LogP contribution in [0.1, 0.15) is 32.8 Å². The largest absolute Gasteiger partial charge is 0.504 e. The molecule has 1 aromatic carbocycles. The second-order valence-corrected chi connectivity index (χ2v) is 8.34. The van der Waals surface area contributed by atoms with Gasteiger partial charge in [0.1, 0.15) is 11.5 Å². The zero-order valence-corrected chi connectivity index (χ0v) is 18.4. The molecule has 1 aromatic heterocycles. The molecule has 0 bridgehead atoms. The van der Waals surface area contributed by atoms with Gasteiger partial charge in [-0.3, -0.25) is 4.52 Å². The number of aromatic nitrogens is 1. The van der Waals surface area contributed by atoms with Crippen molar-refractivity contribution in [1.29, 1.82) is 0 Å². The summed E-state index contributed by atoms with van der Waals surface area (Å²) in [6, 6.07) is 6.60. The Kier molecular flexibility index (Phi) is 8.17. The standard InChI is InChI=1S/C20H29N2O6P/c1-6-18(22-20-16(25-5)10-9-11-21-20)29(24,27-8-3)28-15-12-14(4)19(23)17(13-15)26-7-2/h9-13,18,23H,6-8H2,1-5H3,(H,21,22). The van der Waals surface area contributed by atoms with E-state index in [-0.39, 0.29) is 23.9 Å². The summed E-state index contributed by atoms with van der Waals surface area (Å²) in [5.41, 5.74) is 0.543. The third-order valence-corrected chi connectivity index (χ3v) is 6.48. The summed E-state index contributed by atoms with van der Waals surface area (Å²) in [5, 5.41) is 13.3. The first-order chi connectivity index (χ1) is 13.9. The quantitative estimate of drug-likeness (QED) is 0.489. The Morgan fingerprint density at radius 3 is 2.59 bits per heavy atom. The van der Waals surface area contributed by atoms with Crippen LogP contribution in [0.2, 0.25) is 0 Å². The molecule has 0 amide bonds. The molecule has 0 aliphatic rings. The number of pyridine rings is 1. The lowest BCUT2D eigenvalue weighted by molar-refractivity contribution is 0.270. The van der Waals surface area contributed by atoms with Gasteiger partial charge in [0.25, 0.3) is 0 Å². The van der Waals surface area contributed by atoms with Gasteiger partial charge >= 0.3 is 7.60 Å². The maximum atomic E-state index is 13.7. The maximum absolute atomic E-state index is 13.7. The van der Waals surface area contributed by atoms with Crippen molar-refractivity contribution in [3.05, 3.63) is 36.0 Å². The van der Waals surface area contributed by atoms with Crippen LogP contribution in [0.5, 0.6) is 23.0 Å². The van der Waals surface area contributed by atoms with Crippen LogP contribution in [0.4, 0.5) is 5.82 Å². The summed E-state index contributed by atoms with van der Waals surface area (Å²) in [7, 11) is -2.13. The fraction of sp³-hybridized carbons (Fsp3) is 0.450. The van der Waals surface area contributed by atoms with Gasteiger partial charge in [-0.1, -0.05) is 6.92 Å². The molecule has 0 spiro atoms. The first kappa shape index (κ1) is 22.8. The lowest BCUT2D eigenvalue weighted by Crippen LogP contribution is -2.24. The molecule has 0 fully saturated rings. The Hall–Kier alpha value is -2.44. The minimum atomic E-state index is -3.66. The average Bonchev–Trinajstić information content (AvgIpc) is 2.70. The Labute approximate surface area is 171 Å². The van der Waals surface area contributed by atoms with Gasteiger partial charge in [0.2, 0.25) is 0 Å². The Morgan fingerprint density at radius 1 is 1.21 bits per heavy atom. The number of nitrogens with one attached hydrogen (secondary N) is 1. The van der Waals surface area contributed by atoms with Crippen LogP contribution < -0.4 is 19.3 Å². The number of hydrogen-bond acceptors (Lipinski definition) is 8. The predicted molar refractivity (Wildman–Crippen MR) is 112 cm³/mol. The number of phenols is 1. The molecule has 8 nitrogen and oxygen atoms in total. The van der Waals surface area contributed by atoms with E-state index in [1.165, 1.54) is 13.2 Å². The lowest BCUT2D eigenvalue weighted by atomic mass is 10.2. The number of phenolic OH excluding ortho intramolecular Hbond substituents is 1. The normalized spacial score (nSPS) is 14.0. The van der Waals surface area contributed by atoms with Crippen molar-refractivity contribution in [3.63, 3.8) is 0 Å². The average molecular weight is 424 g/mol. The highest BCUT2D eigenvalue weighted by Gasteiger charge is 2.37. The van der Waals surface area contributed by atoms with Crippen LogP contribution in [0.25, 0.3) is 0 Å². The highest BCUT2D eigenvalue weighted by molar-refractivity contribution is 7.55. The fourth-order valence-corrected chi connectivity index (χ4v) is 4.61. The third kappa shape index (κ3) is 5.55. The van der Waals surface area contributed by atoms with E-state index >= 15 is 0 Å². The molecular weight excluding hydrogens is 395 g/mol. The highest BCUT2D eigenvalue weighted by atomic mass is 31.2. The van der Waals surface area contributed by atoms with Gasteiger partial charge in [-0.2, -0.15) is 0 Å². The molecule has 160 valence electrons. The number of nitrogens with zero attached hydrogens (tertiary/aromatic N) is 1. The SMILES string of the molecule is CCOc1cc(OP(=O)(OCC)C(CC)Nc2ncccc2OC)cc(C)c1O. The molecule has 2 unspecified atom stereocenters. The van der Waals surface area contributed by atoms with E-state index in [4.69, 9.17) is 18.5 Å². The molecule has 29 heavy (non-hydrogen) atoms. The molecule has 2 atom stereocenters. The van der Waals surface area contributed by atoms with Crippen molar-refractivity contribution in [2.24, 2.45) is 0 Å².